The largest absolute Gasteiger partial charge is 0.383 e. The van der Waals surface area contributed by atoms with E-state index in [1.54, 1.807) is 18.9 Å². The van der Waals surface area contributed by atoms with Crippen molar-refractivity contribution in [2.75, 3.05) is 46.4 Å². The Hall–Kier alpha value is -1.90. The van der Waals surface area contributed by atoms with Gasteiger partial charge in [0.15, 0.2) is 5.16 Å². The lowest BCUT2D eigenvalue weighted by molar-refractivity contribution is 0.0643. The van der Waals surface area contributed by atoms with E-state index in [0.717, 1.165) is 60.6 Å². The predicted molar refractivity (Wildman–Crippen MR) is 125 cm³/mol. The molecule has 0 saturated carbocycles. The fourth-order valence-electron chi connectivity index (χ4n) is 3.85. The van der Waals surface area contributed by atoms with Crippen molar-refractivity contribution in [2.45, 2.75) is 50.6 Å². The SMILES string of the molecule is CCN1CCN(C(=O)c2ccc(CSc3nnc(C(C)C)n3[C@H](C)COC)cc2)CC1. The Kier molecular flexibility index (Phi) is 8.51. The van der Waals surface area contributed by atoms with Gasteiger partial charge in [0, 0.05) is 50.5 Å². The van der Waals surface area contributed by atoms with Gasteiger partial charge in [-0.05, 0) is 31.2 Å². The lowest BCUT2D eigenvalue weighted by atomic mass is 10.1. The average molecular weight is 446 g/mol. The van der Waals surface area contributed by atoms with Crippen molar-refractivity contribution in [1.82, 2.24) is 24.6 Å². The molecule has 0 bridgehead atoms. The van der Waals surface area contributed by atoms with Crippen LogP contribution in [0, 0.1) is 0 Å². The lowest BCUT2D eigenvalue weighted by Gasteiger charge is -2.34. The molecule has 2 heterocycles. The summed E-state index contributed by atoms with van der Waals surface area (Å²) < 4.78 is 7.54. The maximum Gasteiger partial charge on any atom is 0.253 e. The van der Waals surface area contributed by atoms with Crippen molar-refractivity contribution in [3.63, 3.8) is 0 Å². The zero-order valence-corrected chi connectivity index (χ0v) is 20.2. The molecule has 170 valence electrons. The van der Waals surface area contributed by atoms with Crippen LogP contribution in [-0.4, -0.2) is 76.9 Å². The Morgan fingerprint density at radius 3 is 2.35 bits per heavy atom. The first-order chi connectivity index (χ1) is 14.9. The van der Waals surface area contributed by atoms with Gasteiger partial charge in [-0.3, -0.25) is 4.79 Å². The van der Waals surface area contributed by atoms with Gasteiger partial charge in [-0.1, -0.05) is 44.7 Å². The highest BCUT2D eigenvalue weighted by molar-refractivity contribution is 7.98. The molecule has 0 radical (unpaired) electrons. The number of nitrogens with zero attached hydrogens (tertiary/aromatic N) is 5. The summed E-state index contributed by atoms with van der Waals surface area (Å²) in [6.45, 7) is 13.7. The van der Waals surface area contributed by atoms with E-state index in [1.165, 1.54) is 0 Å². The molecule has 0 spiro atoms. The van der Waals surface area contributed by atoms with Crippen LogP contribution in [0.5, 0.6) is 0 Å². The Balaban J connectivity index is 1.63. The normalized spacial score (nSPS) is 16.1. The van der Waals surface area contributed by atoms with Crippen molar-refractivity contribution >= 4 is 17.7 Å². The number of hydrogen-bond donors (Lipinski definition) is 0. The number of methoxy groups -OCH3 is 1. The summed E-state index contributed by atoms with van der Waals surface area (Å²) in [6.07, 6.45) is 0. The van der Waals surface area contributed by atoms with Crippen LogP contribution in [0.2, 0.25) is 0 Å². The first-order valence-corrected chi connectivity index (χ1v) is 12.1. The number of piperazine rings is 1. The molecular weight excluding hydrogens is 410 g/mol. The minimum atomic E-state index is 0.129. The van der Waals surface area contributed by atoms with Crippen LogP contribution < -0.4 is 0 Å². The second-order valence-corrected chi connectivity index (χ2v) is 9.32. The van der Waals surface area contributed by atoms with E-state index in [9.17, 15) is 4.79 Å². The number of ether oxygens (including phenoxy) is 1. The third-order valence-electron chi connectivity index (χ3n) is 5.73. The van der Waals surface area contributed by atoms with Crippen LogP contribution in [0.25, 0.3) is 0 Å². The minimum Gasteiger partial charge on any atom is -0.383 e. The molecule has 1 aliphatic rings. The van der Waals surface area contributed by atoms with Crippen LogP contribution in [0.3, 0.4) is 0 Å². The number of aromatic nitrogens is 3. The van der Waals surface area contributed by atoms with Crippen LogP contribution in [-0.2, 0) is 10.5 Å². The van der Waals surface area contributed by atoms with Crippen LogP contribution in [0.1, 0.15) is 61.4 Å². The maximum atomic E-state index is 12.8. The predicted octanol–water partition coefficient (Wildman–Crippen LogP) is 3.68. The summed E-state index contributed by atoms with van der Waals surface area (Å²) in [5.74, 6) is 2.19. The van der Waals surface area contributed by atoms with Crippen molar-refractivity contribution < 1.29 is 9.53 Å². The second kappa shape index (κ2) is 11.1. The summed E-state index contributed by atoms with van der Waals surface area (Å²) in [5.41, 5.74) is 1.93. The standard InChI is InChI=1S/C23H35N5O2S/c1-6-26-11-13-27(14-12-26)22(29)20-9-7-19(8-10-20)16-31-23-25-24-21(17(2)3)28(23)18(4)15-30-5/h7-10,17-18H,6,11-16H2,1-5H3/t18-/m1/s1. The van der Waals surface area contributed by atoms with Crippen LogP contribution in [0.4, 0.5) is 0 Å². The topological polar surface area (TPSA) is 63.5 Å². The Morgan fingerprint density at radius 1 is 1.10 bits per heavy atom. The number of carbonyl (C=O) groups excluding carboxylic acids is 1. The molecule has 8 heteroatoms. The summed E-state index contributed by atoms with van der Waals surface area (Å²) in [6, 6.07) is 8.16. The average Bonchev–Trinajstić information content (AvgIpc) is 3.22. The molecule has 31 heavy (non-hydrogen) atoms. The Labute approximate surface area is 190 Å². The smallest absolute Gasteiger partial charge is 0.253 e. The van der Waals surface area contributed by atoms with Crippen molar-refractivity contribution in [3.8, 4) is 0 Å². The molecule has 1 atom stereocenters. The highest BCUT2D eigenvalue weighted by Gasteiger charge is 2.22. The van der Waals surface area contributed by atoms with E-state index in [4.69, 9.17) is 4.74 Å². The van der Waals surface area contributed by atoms with Crippen molar-refractivity contribution in [1.29, 1.82) is 0 Å². The number of hydrogen-bond acceptors (Lipinski definition) is 6. The number of amides is 1. The molecule has 0 aliphatic carbocycles. The van der Waals surface area contributed by atoms with E-state index >= 15 is 0 Å². The molecule has 7 nitrogen and oxygen atoms in total. The molecule has 1 aliphatic heterocycles. The summed E-state index contributed by atoms with van der Waals surface area (Å²) in [7, 11) is 1.72. The monoisotopic (exact) mass is 445 g/mol. The van der Waals surface area contributed by atoms with Gasteiger partial charge in [-0.25, -0.2) is 0 Å². The number of likely N-dealkylation sites (N-methyl/N-ethyl adjacent to an activating group) is 1. The van der Waals surface area contributed by atoms with Crippen LogP contribution >= 0.6 is 11.8 Å². The molecule has 3 rings (SSSR count). The summed E-state index contributed by atoms with van der Waals surface area (Å²) >= 11 is 1.67. The first-order valence-electron chi connectivity index (χ1n) is 11.1. The lowest BCUT2D eigenvalue weighted by Crippen LogP contribution is -2.48. The quantitative estimate of drug-likeness (QED) is 0.549. The fourth-order valence-corrected chi connectivity index (χ4v) is 4.85. The Morgan fingerprint density at radius 2 is 1.77 bits per heavy atom. The van der Waals surface area contributed by atoms with Crippen LogP contribution in [0.15, 0.2) is 29.4 Å². The summed E-state index contributed by atoms with van der Waals surface area (Å²) in [5, 5.41) is 9.75. The zero-order valence-electron chi connectivity index (χ0n) is 19.4. The van der Waals surface area contributed by atoms with E-state index in [0.29, 0.717) is 12.5 Å². The second-order valence-electron chi connectivity index (χ2n) is 8.38. The molecule has 1 fully saturated rings. The number of rotatable bonds is 9. The molecule has 1 saturated heterocycles. The molecule has 0 N–H and O–H groups in total. The van der Waals surface area contributed by atoms with E-state index in [2.05, 4.69) is 47.4 Å². The number of carbonyl (C=O) groups is 1. The summed E-state index contributed by atoms with van der Waals surface area (Å²) in [4.78, 5) is 17.1. The van der Waals surface area contributed by atoms with Gasteiger partial charge in [-0.2, -0.15) is 0 Å². The highest BCUT2D eigenvalue weighted by Crippen LogP contribution is 2.28. The van der Waals surface area contributed by atoms with Crippen molar-refractivity contribution in [2.24, 2.45) is 0 Å². The van der Waals surface area contributed by atoms with E-state index in [-0.39, 0.29) is 11.9 Å². The highest BCUT2D eigenvalue weighted by atomic mass is 32.2. The third-order valence-corrected chi connectivity index (χ3v) is 6.75. The molecule has 2 aromatic rings. The van der Waals surface area contributed by atoms with Gasteiger partial charge >= 0.3 is 0 Å². The van der Waals surface area contributed by atoms with Gasteiger partial charge < -0.3 is 19.1 Å². The minimum absolute atomic E-state index is 0.129. The first kappa shape index (κ1) is 23.8. The van der Waals surface area contributed by atoms with Gasteiger partial charge in [0.25, 0.3) is 5.91 Å². The van der Waals surface area contributed by atoms with Gasteiger partial charge in [0.1, 0.15) is 5.82 Å². The van der Waals surface area contributed by atoms with Gasteiger partial charge in [0.05, 0.1) is 12.6 Å². The van der Waals surface area contributed by atoms with Crippen molar-refractivity contribution in [3.05, 3.63) is 41.2 Å². The molecule has 0 unspecified atom stereocenters. The zero-order chi connectivity index (χ0) is 22.4. The third kappa shape index (κ3) is 5.87. The van der Waals surface area contributed by atoms with Gasteiger partial charge in [0.2, 0.25) is 0 Å². The molecule has 1 aromatic carbocycles. The number of benzene rings is 1. The molecular formula is C23H35N5O2S. The maximum absolute atomic E-state index is 12.8. The van der Waals surface area contributed by atoms with E-state index in [1.807, 2.05) is 29.2 Å². The van der Waals surface area contributed by atoms with Gasteiger partial charge in [-0.15, -0.1) is 10.2 Å². The molecule has 1 amide bonds. The molecule has 1 aromatic heterocycles. The Bertz CT molecular complexity index is 844. The number of thioether (sulfide) groups is 1. The van der Waals surface area contributed by atoms with E-state index < -0.39 is 0 Å². The fraction of sp³-hybridized carbons (Fsp3) is 0.609.